The molecule has 0 saturated heterocycles. The van der Waals surface area contributed by atoms with Crippen LogP contribution in [0.3, 0.4) is 0 Å². The van der Waals surface area contributed by atoms with E-state index in [1.165, 1.54) is 18.4 Å². The van der Waals surface area contributed by atoms with Crippen LogP contribution in [0.15, 0.2) is 24.3 Å². The highest BCUT2D eigenvalue weighted by Crippen LogP contribution is 2.53. The minimum absolute atomic E-state index is 0.148. The monoisotopic (exact) mass is 256 g/mol. The molecule has 1 saturated carbocycles. The van der Waals surface area contributed by atoms with E-state index in [2.05, 4.69) is 22.9 Å². The number of rotatable bonds is 3. The van der Waals surface area contributed by atoms with Crippen LogP contribution < -0.4 is 0 Å². The van der Waals surface area contributed by atoms with Crippen LogP contribution in [0, 0.1) is 11.2 Å². The third kappa shape index (κ3) is 2.00. The molecule has 0 N–H and O–H groups in total. The zero-order valence-corrected chi connectivity index (χ0v) is 9.85. The number of halogens is 2. The summed E-state index contributed by atoms with van der Waals surface area (Å²) < 4.78 is 12.7. The lowest BCUT2D eigenvalue weighted by atomic mass is 9.94. The van der Waals surface area contributed by atoms with E-state index in [0.29, 0.717) is 10.2 Å². The average Bonchev–Trinajstić information content (AvgIpc) is 2.90. The fourth-order valence-electron chi connectivity index (χ4n) is 1.88. The summed E-state index contributed by atoms with van der Waals surface area (Å²) in [7, 11) is 0. The van der Waals surface area contributed by atoms with Gasteiger partial charge < -0.3 is 0 Å². The maximum atomic E-state index is 12.7. The summed E-state index contributed by atoms with van der Waals surface area (Å²) in [5.41, 5.74) is 1.69. The minimum atomic E-state index is -0.148. The summed E-state index contributed by atoms with van der Waals surface area (Å²) in [5.74, 6) is -0.148. The van der Waals surface area contributed by atoms with E-state index in [-0.39, 0.29) is 5.82 Å². The van der Waals surface area contributed by atoms with Crippen LogP contribution in [0.1, 0.15) is 25.3 Å². The molecule has 1 unspecified atom stereocenters. The second kappa shape index (κ2) is 3.65. The summed E-state index contributed by atoms with van der Waals surface area (Å²) in [6, 6.07) is 6.88. The van der Waals surface area contributed by atoms with Crippen molar-refractivity contribution in [3.63, 3.8) is 0 Å². The van der Waals surface area contributed by atoms with Gasteiger partial charge in [-0.2, -0.15) is 0 Å². The highest BCUT2D eigenvalue weighted by molar-refractivity contribution is 9.09. The van der Waals surface area contributed by atoms with E-state index in [1.807, 2.05) is 12.1 Å². The molecule has 1 atom stereocenters. The third-order valence-corrected chi connectivity index (χ3v) is 4.18. The molecule has 2 rings (SSSR count). The van der Waals surface area contributed by atoms with Crippen molar-refractivity contribution in [2.75, 3.05) is 0 Å². The van der Waals surface area contributed by atoms with Crippen molar-refractivity contribution < 1.29 is 4.39 Å². The molecule has 14 heavy (non-hydrogen) atoms. The fraction of sp³-hybridized carbons (Fsp3) is 0.500. The van der Waals surface area contributed by atoms with Crippen molar-refractivity contribution in [3.05, 3.63) is 35.6 Å². The maximum absolute atomic E-state index is 12.7. The van der Waals surface area contributed by atoms with E-state index < -0.39 is 0 Å². The summed E-state index contributed by atoms with van der Waals surface area (Å²) in [5, 5.41) is 0. The Labute approximate surface area is 92.6 Å². The Balaban J connectivity index is 2.08. The first kappa shape index (κ1) is 10.2. The molecule has 0 bridgehead atoms. The highest BCUT2D eigenvalue weighted by atomic mass is 79.9. The Bertz CT molecular complexity index is 312. The van der Waals surface area contributed by atoms with Gasteiger partial charge >= 0.3 is 0 Å². The topological polar surface area (TPSA) is 0 Å². The van der Waals surface area contributed by atoms with Gasteiger partial charge in [-0.05, 0) is 42.4 Å². The average molecular weight is 257 g/mol. The zero-order valence-electron chi connectivity index (χ0n) is 8.26. The lowest BCUT2D eigenvalue weighted by Crippen LogP contribution is -2.15. The van der Waals surface area contributed by atoms with Crippen LogP contribution in [0.4, 0.5) is 4.39 Å². The molecule has 1 aromatic carbocycles. The lowest BCUT2D eigenvalue weighted by Gasteiger charge is -2.17. The molecule has 0 aliphatic heterocycles. The Kier molecular flexibility index (Phi) is 2.65. The molecule has 1 aliphatic rings. The first-order valence-electron chi connectivity index (χ1n) is 5.01. The van der Waals surface area contributed by atoms with Crippen LogP contribution in [-0.2, 0) is 6.42 Å². The van der Waals surface area contributed by atoms with Gasteiger partial charge in [-0.3, -0.25) is 0 Å². The van der Waals surface area contributed by atoms with Gasteiger partial charge in [0.15, 0.2) is 0 Å². The van der Waals surface area contributed by atoms with Crippen molar-refractivity contribution in [2.24, 2.45) is 5.41 Å². The Hall–Kier alpha value is -0.370. The Morgan fingerprint density at radius 2 is 1.93 bits per heavy atom. The molecule has 0 heterocycles. The van der Waals surface area contributed by atoms with Gasteiger partial charge in [0, 0.05) is 4.83 Å². The van der Waals surface area contributed by atoms with E-state index in [1.54, 1.807) is 12.1 Å². The van der Waals surface area contributed by atoms with Crippen LogP contribution in [0.25, 0.3) is 0 Å². The van der Waals surface area contributed by atoms with Crippen LogP contribution in [0.5, 0.6) is 0 Å². The molecule has 0 spiro atoms. The molecule has 0 aromatic heterocycles. The number of benzene rings is 1. The lowest BCUT2D eigenvalue weighted by molar-refractivity contribution is 0.508. The predicted octanol–water partition coefficient (Wildman–Crippen LogP) is 3.93. The highest BCUT2D eigenvalue weighted by Gasteiger charge is 2.45. The van der Waals surface area contributed by atoms with E-state index in [4.69, 9.17) is 0 Å². The summed E-state index contributed by atoms with van der Waals surface area (Å²) in [4.78, 5) is 0.556. The van der Waals surface area contributed by atoms with Crippen LogP contribution >= 0.6 is 15.9 Å². The molecule has 2 heteroatoms. The molecular formula is C12H14BrF. The first-order valence-corrected chi connectivity index (χ1v) is 5.92. The smallest absolute Gasteiger partial charge is 0.123 e. The number of alkyl halides is 1. The molecule has 1 aromatic rings. The predicted molar refractivity (Wildman–Crippen MR) is 60.2 cm³/mol. The van der Waals surface area contributed by atoms with Gasteiger partial charge in [0.1, 0.15) is 5.82 Å². The third-order valence-electron chi connectivity index (χ3n) is 3.21. The summed E-state index contributed by atoms with van der Waals surface area (Å²) in [6.45, 7) is 2.20. The van der Waals surface area contributed by atoms with Gasteiger partial charge in [-0.1, -0.05) is 35.0 Å². The molecular weight excluding hydrogens is 243 g/mol. The van der Waals surface area contributed by atoms with Gasteiger partial charge in [-0.25, -0.2) is 4.39 Å². The molecule has 76 valence electrons. The van der Waals surface area contributed by atoms with E-state index in [0.717, 1.165) is 6.42 Å². The number of hydrogen-bond acceptors (Lipinski definition) is 0. The molecule has 0 amide bonds. The normalized spacial score (nSPS) is 20.5. The Morgan fingerprint density at radius 1 is 1.36 bits per heavy atom. The molecule has 0 nitrogen and oxygen atoms in total. The second-order valence-electron chi connectivity index (χ2n) is 4.28. The van der Waals surface area contributed by atoms with Crippen molar-refractivity contribution in [1.82, 2.24) is 0 Å². The quantitative estimate of drug-likeness (QED) is 0.719. The van der Waals surface area contributed by atoms with E-state index in [9.17, 15) is 4.39 Å². The fourth-order valence-corrected chi connectivity index (χ4v) is 2.50. The van der Waals surface area contributed by atoms with Crippen molar-refractivity contribution >= 4 is 15.9 Å². The number of hydrogen-bond donors (Lipinski definition) is 0. The summed E-state index contributed by atoms with van der Waals surface area (Å²) >= 11 is 3.66. The van der Waals surface area contributed by atoms with Gasteiger partial charge in [-0.15, -0.1) is 0 Å². The summed E-state index contributed by atoms with van der Waals surface area (Å²) in [6.07, 6.45) is 3.65. The van der Waals surface area contributed by atoms with Crippen molar-refractivity contribution in [3.8, 4) is 0 Å². The van der Waals surface area contributed by atoms with Gasteiger partial charge in [0.2, 0.25) is 0 Å². The van der Waals surface area contributed by atoms with Crippen molar-refractivity contribution in [2.45, 2.75) is 31.0 Å². The molecule has 0 radical (unpaired) electrons. The van der Waals surface area contributed by atoms with Crippen LogP contribution in [-0.4, -0.2) is 4.83 Å². The molecule has 1 fully saturated rings. The minimum Gasteiger partial charge on any atom is -0.207 e. The maximum Gasteiger partial charge on any atom is 0.123 e. The van der Waals surface area contributed by atoms with E-state index >= 15 is 0 Å². The van der Waals surface area contributed by atoms with Gasteiger partial charge in [0.05, 0.1) is 0 Å². The largest absolute Gasteiger partial charge is 0.207 e. The van der Waals surface area contributed by atoms with Gasteiger partial charge in [0.25, 0.3) is 0 Å². The Morgan fingerprint density at radius 3 is 2.36 bits per heavy atom. The first-order chi connectivity index (χ1) is 6.62. The SMILES string of the molecule is CC(Br)C1(Cc2ccc(F)cc2)CC1. The van der Waals surface area contributed by atoms with Crippen molar-refractivity contribution in [1.29, 1.82) is 0 Å². The molecule has 1 aliphatic carbocycles. The standard InChI is InChI=1S/C12H14BrF/c1-9(13)12(6-7-12)8-10-2-4-11(14)5-3-10/h2-5,9H,6-8H2,1H3. The zero-order chi connectivity index (χ0) is 10.2. The second-order valence-corrected chi connectivity index (χ2v) is 5.66. The van der Waals surface area contributed by atoms with Crippen LogP contribution in [0.2, 0.25) is 0 Å².